The quantitative estimate of drug-likeness (QED) is 0.735. The number of sulfonamides is 1. The van der Waals surface area contributed by atoms with Gasteiger partial charge in [-0.25, -0.2) is 8.42 Å². The van der Waals surface area contributed by atoms with E-state index < -0.39 is 15.3 Å². The van der Waals surface area contributed by atoms with E-state index in [4.69, 9.17) is 5.26 Å². The summed E-state index contributed by atoms with van der Waals surface area (Å²) in [6.07, 6.45) is 1.25. The molecule has 4 nitrogen and oxygen atoms in total. The van der Waals surface area contributed by atoms with Crippen LogP contribution in [0.25, 0.3) is 0 Å². The minimum atomic E-state index is -3.41. The second kappa shape index (κ2) is 4.50. The van der Waals surface area contributed by atoms with E-state index in [2.05, 4.69) is 0 Å². The smallest absolute Gasteiger partial charge is 0.211 e. The average Bonchev–Trinajstić information content (AvgIpc) is 2.47. The Kier molecular flexibility index (Phi) is 3.74. The highest BCUT2D eigenvalue weighted by Gasteiger charge is 2.39. The summed E-state index contributed by atoms with van der Waals surface area (Å²) in [6, 6.07) is 1.91. The minimum Gasteiger partial charge on any atom is -0.211 e. The van der Waals surface area contributed by atoms with E-state index in [9.17, 15) is 8.42 Å². The van der Waals surface area contributed by atoms with Gasteiger partial charge in [-0.15, -0.1) is 0 Å². The molecule has 1 aliphatic rings. The first-order valence-electron chi connectivity index (χ1n) is 5.33. The number of hydrogen-bond donors (Lipinski definition) is 0. The van der Waals surface area contributed by atoms with Crippen LogP contribution in [0, 0.1) is 17.2 Å². The van der Waals surface area contributed by atoms with Crippen molar-refractivity contribution in [1.82, 2.24) is 4.31 Å². The standard InChI is InChI=1S/C10H18N2O2S/c1-4-10(6-11)15(13,14)12-7-8(2)5-9(12)3/h8-10H,4-5,7H2,1-3H3. The van der Waals surface area contributed by atoms with E-state index in [1.807, 2.05) is 19.9 Å². The van der Waals surface area contributed by atoms with Crippen LogP contribution in [0.1, 0.15) is 33.6 Å². The van der Waals surface area contributed by atoms with Gasteiger partial charge in [0.25, 0.3) is 0 Å². The topological polar surface area (TPSA) is 61.2 Å². The molecule has 3 unspecified atom stereocenters. The normalized spacial score (nSPS) is 30.0. The van der Waals surface area contributed by atoms with Crippen molar-refractivity contribution in [2.24, 2.45) is 5.92 Å². The maximum atomic E-state index is 12.1. The highest BCUT2D eigenvalue weighted by Crippen LogP contribution is 2.27. The van der Waals surface area contributed by atoms with Crippen molar-refractivity contribution in [3.63, 3.8) is 0 Å². The lowest BCUT2D eigenvalue weighted by Crippen LogP contribution is -2.40. The largest absolute Gasteiger partial charge is 0.230 e. The maximum Gasteiger partial charge on any atom is 0.230 e. The van der Waals surface area contributed by atoms with Gasteiger partial charge >= 0.3 is 0 Å². The highest BCUT2D eigenvalue weighted by molar-refractivity contribution is 7.90. The van der Waals surface area contributed by atoms with Crippen molar-refractivity contribution in [3.05, 3.63) is 0 Å². The fraction of sp³-hybridized carbons (Fsp3) is 0.900. The molecule has 0 radical (unpaired) electrons. The molecule has 1 saturated heterocycles. The third kappa shape index (κ3) is 2.32. The average molecular weight is 230 g/mol. The molecular weight excluding hydrogens is 212 g/mol. The Morgan fingerprint density at radius 2 is 2.13 bits per heavy atom. The molecule has 0 bridgehead atoms. The molecular formula is C10H18N2O2S. The lowest BCUT2D eigenvalue weighted by Gasteiger charge is -2.23. The zero-order valence-corrected chi connectivity index (χ0v) is 10.3. The SMILES string of the molecule is CCC(C#N)S(=O)(=O)N1CC(C)CC1C. The summed E-state index contributed by atoms with van der Waals surface area (Å²) < 4.78 is 25.6. The Balaban J connectivity index is 2.92. The molecule has 1 rings (SSSR count). The molecule has 0 aromatic carbocycles. The van der Waals surface area contributed by atoms with Gasteiger partial charge in [-0.05, 0) is 25.7 Å². The highest BCUT2D eigenvalue weighted by atomic mass is 32.2. The third-order valence-corrected chi connectivity index (χ3v) is 5.25. The van der Waals surface area contributed by atoms with Crippen LogP contribution in [0.5, 0.6) is 0 Å². The molecule has 0 N–H and O–H groups in total. The second-order valence-corrected chi connectivity index (χ2v) is 6.40. The predicted octanol–water partition coefficient (Wildman–Crippen LogP) is 1.35. The molecule has 0 amide bonds. The summed E-state index contributed by atoms with van der Waals surface area (Å²) in [7, 11) is -3.41. The van der Waals surface area contributed by atoms with Crippen LogP contribution in [-0.4, -0.2) is 30.6 Å². The zero-order valence-electron chi connectivity index (χ0n) is 9.47. The summed E-state index contributed by atoms with van der Waals surface area (Å²) in [5.74, 6) is 0.394. The Labute approximate surface area is 91.9 Å². The van der Waals surface area contributed by atoms with Crippen molar-refractivity contribution < 1.29 is 8.42 Å². The lowest BCUT2D eigenvalue weighted by atomic mass is 10.1. The molecule has 0 saturated carbocycles. The van der Waals surface area contributed by atoms with Gasteiger partial charge in [0.2, 0.25) is 10.0 Å². The first kappa shape index (κ1) is 12.5. The minimum absolute atomic E-state index is 0.0346. The van der Waals surface area contributed by atoms with Gasteiger partial charge in [0.05, 0.1) is 6.07 Å². The number of hydrogen-bond acceptors (Lipinski definition) is 3. The van der Waals surface area contributed by atoms with Crippen LogP contribution in [0.4, 0.5) is 0 Å². The van der Waals surface area contributed by atoms with Gasteiger partial charge in [0, 0.05) is 12.6 Å². The van der Waals surface area contributed by atoms with E-state index in [1.165, 1.54) is 4.31 Å². The van der Waals surface area contributed by atoms with Crippen LogP contribution >= 0.6 is 0 Å². The second-order valence-electron chi connectivity index (χ2n) is 4.33. The molecule has 0 spiro atoms. The van der Waals surface area contributed by atoms with Crippen molar-refractivity contribution in [3.8, 4) is 6.07 Å². The van der Waals surface area contributed by atoms with Crippen LogP contribution in [0.15, 0.2) is 0 Å². The van der Waals surface area contributed by atoms with E-state index >= 15 is 0 Å². The van der Waals surface area contributed by atoms with Gasteiger partial charge in [-0.1, -0.05) is 13.8 Å². The van der Waals surface area contributed by atoms with E-state index in [-0.39, 0.29) is 6.04 Å². The third-order valence-electron chi connectivity index (χ3n) is 2.93. The monoisotopic (exact) mass is 230 g/mol. The molecule has 0 aromatic heterocycles. The van der Waals surface area contributed by atoms with Gasteiger partial charge < -0.3 is 0 Å². The fourth-order valence-electron chi connectivity index (χ4n) is 2.15. The predicted molar refractivity (Wildman–Crippen MR) is 58.6 cm³/mol. The van der Waals surface area contributed by atoms with Gasteiger partial charge in [0.1, 0.15) is 0 Å². The Morgan fingerprint density at radius 1 is 1.53 bits per heavy atom. The van der Waals surface area contributed by atoms with Crippen molar-refractivity contribution in [2.75, 3.05) is 6.54 Å². The molecule has 1 fully saturated rings. The van der Waals surface area contributed by atoms with Crippen molar-refractivity contribution in [1.29, 1.82) is 5.26 Å². The number of nitrogens with zero attached hydrogens (tertiary/aromatic N) is 2. The summed E-state index contributed by atoms with van der Waals surface area (Å²) in [4.78, 5) is 0. The molecule has 86 valence electrons. The summed E-state index contributed by atoms with van der Waals surface area (Å²) in [6.45, 7) is 6.24. The van der Waals surface area contributed by atoms with Gasteiger partial charge in [-0.3, -0.25) is 0 Å². The van der Waals surface area contributed by atoms with Crippen LogP contribution in [0.2, 0.25) is 0 Å². The Morgan fingerprint density at radius 3 is 2.47 bits per heavy atom. The van der Waals surface area contributed by atoms with Crippen LogP contribution in [0.3, 0.4) is 0 Å². The lowest BCUT2D eigenvalue weighted by molar-refractivity contribution is 0.401. The molecule has 1 heterocycles. The first-order chi connectivity index (χ1) is 6.93. The molecule has 15 heavy (non-hydrogen) atoms. The van der Waals surface area contributed by atoms with E-state index in [0.717, 1.165) is 6.42 Å². The number of rotatable bonds is 3. The van der Waals surface area contributed by atoms with Crippen LogP contribution < -0.4 is 0 Å². The maximum absolute atomic E-state index is 12.1. The summed E-state index contributed by atoms with van der Waals surface area (Å²) >= 11 is 0. The molecule has 0 aliphatic carbocycles. The summed E-state index contributed by atoms with van der Waals surface area (Å²) in [5.41, 5.74) is 0. The molecule has 1 aliphatic heterocycles. The summed E-state index contributed by atoms with van der Waals surface area (Å²) in [5, 5.41) is 7.93. The van der Waals surface area contributed by atoms with Crippen LogP contribution in [-0.2, 0) is 10.0 Å². The number of nitriles is 1. The van der Waals surface area contributed by atoms with Crippen molar-refractivity contribution in [2.45, 2.75) is 44.9 Å². The fourth-order valence-corrected chi connectivity index (χ4v) is 4.08. The Hall–Kier alpha value is -0.600. The molecule has 3 atom stereocenters. The Bertz CT molecular complexity index is 358. The van der Waals surface area contributed by atoms with Gasteiger partial charge in [0.15, 0.2) is 5.25 Å². The van der Waals surface area contributed by atoms with Crippen molar-refractivity contribution >= 4 is 10.0 Å². The molecule has 0 aromatic rings. The zero-order chi connectivity index (χ0) is 11.6. The first-order valence-corrected chi connectivity index (χ1v) is 6.84. The van der Waals surface area contributed by atoms with E-state index in [0.29, 0.717) is 18.9 Å². The van der Waals surface area contributed by atoms with E-state index in [1.54, 1.807) is 6.92 Å². The van der Waals surface area contributed by atoms with Gasteiger partial charge in [-0.2, -0.15) is 9.57 Å². The molecule has 5 heteroatoms.